The van der Waals surface area contributed by atoms with E-state index in [0.29, 0.717) is 29.2 Å². The highest BCUT2D eigenvalue weighted by atomic mass is 35.5. The number of halogens is 1. The highest BCUT2D eigenvalue weighted by Gasteiger charge is 2.25. The molecule has 7 heteroatoms. The fraction of sp³-hybridized carbons (Fsp3) is 0.438. The van der Waals surface area contributed by atoms with Crippen molar-refractivity contribution in [1.29, 1.82) is 0 Å². The van der Waals surface area contributed by atoms with Gasteiger partial charge in [0.1, 0.15) is 0 Å². The van der Waals surface area contributed by atoms with Gasteiger partial charge in [0.25, 0.3) is 0 Å². The summed E-state index contributed by atoms with van der Waals surface area (Å²) in [6.45, 7) is 4.24. The fourth-order valence-electron chi connectivity index (χ4n) is 2.89. The van der Waals surface area contributed by atoms with Crippen LogP contribution in [0.3, 0.4) is 0 Å². The molecule has 0 radical (unpaired) electrons. The van der Waals surface area contributed by atoms with Gasteiger partial charge in [-0.2, -0.15) is 4.98 Å². The Hall–Kier alpha value is -1.92. The smallest absolute Gasteiger partial charge is 0.335 e. The number of carbonyl (C=O) groups is 1. The number of aromatic nitrogens is 2. The van der Waals surface area contributed by atoms with Crippen LogP contribution in [0.15, 0.2) is 22.7 Å². The molecule has 0 bridgehead atoms. The number of piperidine rings is 1. The van der Waals surface area contributed by atoms with E-state index < -0.39 is 5.97 Å². The number of aromatic carboxylic acids is 1. The molecule has 0 unspecified atom stereocenters. The molecule has 2 aromatic rings. The molecular formula is C16H18ClN3O3. The van der Waals surface area contributed by atoms with Crippen molar-refractivity contribution in [2.45, 2.75) is 32.2 Å². The minimum Gasteiger partial charge on any atom is -0.478 e. The Labute approximate surface area is 139 Å². The summed E-state index contributed by atoms with van der Waals surface area (Å²) in [6, 6.07) is 4.82. The normalized spacial score (nSPS) is 16.6. The number of likely N-dealkylation sites (tertiary alicyclic amines) is 1. The van der Waals surface area contributed by atoms with Crippen LogP contribution in [-0.2, 0) is 6.54 Å². The van der Waals surface area contributed by atoms with Crippen molar-refractivity contribution in [2.75, 3.05) is 13.1 Å². The fourth-order valence-corrected chi connectivity index (χ4v) is 3.06. The molecule has 0 atom stereocenters. The molecule has 1 aromatic carbocycles. The maximum absolute atomic E-state index is 11.1. The number of aryl methyl sites for hydroxylation is 1. The number of hydrogen-bond acceptors (Lipinski definition) is 5. The van der Waals surface area contributed by atoms with E-state index in [9.17, 15) is 4.79 Å². The largest absolute Gasteiger partial charge is 0.478 e. The summed E-state index contributed by atoms with van der Waals surface area (Å²) < 4.78 is 5.25. The second kappa shape index (κ2) is 6.68. The van der Waals surface area contributed by atoms with E-state index in [1.807, 2.05) is 6.92 Å². The Kier molecular flexibility index (Phi) is 4.63. The van der Waals surface area contributed by atoms with E-state index in [2.05, 4.69) is 15.0 Å². The van der Waals surface area contributed by atoms with Gasteiger partial charge >= 0.3 is 5.97 Å². The lowest BCUT2D eigenvalue weighted by atomic mass is 9.96. The monoisotopic (exact) mass is 335 g/mol. The van der Waals surface area contributed by atoms with Crippen molar-refractivity contribution >= 4 is 17.6 Å². The first-order valence-corrected chi connectivity index (χ1v) is 7.95. The van der Waals surface area contributed by atoms with Crippen LogP contribution in [0.25, 0.3) is 0 Å². The Morgan fingerprint density at radius 1 is 1.43 bits per heavy atom. The maximum Gasteiger partial charge on any atom is 0.335 e. The summed E-state index contributed by atoms with van der Waals surface area (Å²) in [5.41, 5.74) is 1.11. The van der Waals surface area contributed by atoms with Crippen LogP contribution < -0.4 is 0 Å². The second-order valence-corrected chi connectivity index (χ2v) is 6.25. The number of benzene rings is 1. The predicted molar refractivity (Wildman–Crippen MR) is 84.7 cm³/mol. The van der Waals surface area contributed by atoms with Crippen molar-refractivity contribution < 1.29 is 14.4 Å². The quantitative estimate of drug-likeness (QED) is 0.924. The molecule has 122 valence electrons. The van der Waals surface area contributed by atoms with Gasteiger partial charge in [0.15, 0.2) is 5.82 Å². The number of hydrogen-bond donors (Lipinski definition) is 1. The SMILES string of the molecule is Cc1noc(C2CCN(Cc3cc(C(=O)O)ccc3Cl)CC2)n1. The zero-order valence-corrected chi connectivity index (χ0v) is 13.6. The molecule has 0 saturated carbocycles. The van der Waals surface area contributed by atoms with Crippen LogP contribution in [0.2, 0.25) is 5.02 Å². The molecule has 6 nitrogen and oxygen atoms in total. The van der Waals surface area contributed by atoms with Gasteiger partial charge in [0.05, 0.1) is 5.56 Å². The Morgan fingerprint density at radius 2 is 2.17 bits per heavy atom. The number of carboxylic acid groups (broad SMARTS) is 1. The van der Waals surface area contributed by atoms with Gasteiger partial charge in [-0.25, -0.2) is 4.79 Å². The third-order valence-corrected chi connectivity index (χ3v) is 4.54. The molecule has 1 N–H and O–H groups in total. The number of nitrogens with zero attached hydrogens (tertiary/aromatic N) is 3. The standard InChI is InChI=1S/C16H18ClN3O3/c1-10-18-15(23-19-10)11-4-6-20(7-5-11)9-13-8-12(16(21)22)2-3-14(13)17/h2-3,8,11H,4-7,9H2,1H3,(H,21,22). The van der Waals surface area contributed by atoms with Crippen molar-refractivity contribution in [3.05, 3.63) is 46.1 Å². The molecule has 23 heavy (non-hydrogen) atoms. The van der Waals surface area contributed by atoms with E-state index in [4.69, 9.17) is 21.2 Å². The molecule has 1 aliphatic rings. The van der Waals surface area contributed by atoms with Gasteiger partial charge in [0, 0.05) is 17.5 Å². The molecule has 1 aliphatic heterocycles. The predicted octanol–water partition coefficient (Wildman–Crippen LogP) is 3.11. The summed E-state index contributed by atoms with van der Waals surface area (Å²) in [5.74, 6) is 0.745. The summed E-state index contributed by atoms with van der Waals surface area (Å²) >= 11 is 6.19. The van der Waals surface area contributed by atoms with Gasteiger partial charge in [-0.1, -0.05) is 16.8 Å². The number of rotatable bonds is 4. The van der Waals surface area contributed by atoms with E-state index in [-0.39, 0.29) is 5.56 Å². The van der Waals surface area contributed by atoms with Crippen LogP contribution in [0.4, 0.5) is 0 Å². The molecule has 3 rings (SSSR count). The second-order valence-electron chi connectivity index (χ2n) is 5.84. The third-order valence-electron chi connectivity index (χ3n) is 4.17. The van der Waals surface area contributed by atoms with Gasteiger partial charge in [-0.3, -0.25) is 4.90 Å². The van der Waals surface area contributed by atoms with Crippen molar-refractivity contribution in [3.63, 3.8) is 0 Å². The summed E-state index contributed by atoms with van der Waals surface area (Å²) in [7, 11) is 0. The highest BCUT2D eigenvalue weighted by molar-refractivity contribution is 6.31. The van der Waals surface area contributed by atoms with E-state index in [1.165, 1.54) is 6.07 Å². The zero-order chi connectivity index (χ0) is 16.4. The Bertz CT molecular complexity index is 708. The highest BCUT2D eigenvalue weighted by Crippen LogP contribution is 2.28. The summed E-state index contributed by atoms with van der Waals surface area (Å²) in [4.78, 5) is 17.7. The van der Waals surface area contributed by atoms with Crippen molar-refractivity contribution in [1.82, 2.24) is 15.0 Å². The first-order valence-electron chi connectivity index (χ1n) is 7.57. The lowest BCUT2D eigenvalue weighted by Gasteiger charge is -2.30. The minimum atomic E-state index is -0.937. The van der Waals surface area contributed by atoms with Crippen LogP contribution in [0.1, 0.15) is 46.4 Å². The van der Waals surface area contributed by atoms with Crippen LogP contribution >= 0.6 is 11.6 Å². The number of carboxylic acids is 1. The van der Waals surface area contributed by atoms with Crippen LogP contribution in [0.5, 0.6) is 0 Å². The lowest BCUT2D eigenvalue weighted by molar-refractivity contribution is 0.0696. The van der Waals surface area contributed by atoms with Gasteiger partial charge in [-0.05, 0) is 56.6 Å². The van der Waals surface area contributed by atoms with Crippen LogP contribution in [-0.4, -0.2) is 39.2 Å². The maximum atomic E-state index is 11.1. The minimum absolute atomic E-state index is 0.264. The van der Waals surface area contributed by atoms with Gasteiger partial charge < -0.3 is 9.63 Å². The van der Waals surface area contributed by atoms with E-state index >= 15 is 0 Å². The molecule has 0 spiro atoms. The average Bonchev–Trinajstić information content (AvgIpc) is 2.96. The molecule has 2 heterocycles. The molecule has 1 fully saturated rings. The van der Waals surface area contributed by atoms with E-state index in [1.54, 1.807) is 12.1 Å². The summed E-state index contributed by atoms with van der Waals surface area (Å²) in [5, 5.41) is 13.5. The Morgan fingerprint density at radius 3 is 2.78 bits per heavy atom. The summed E-state index contributed by atoms with van der Waals surface area (Å²) in [6.07, 6.45) is 1.88. The average molecular weight is 336 g/mol. The van der Waals surface area contributed by atoms with E-state index in [0.717, 1.165) is 31.5 Å². The lowest BCUT2D eigenvalue weighted by Crippen LogP contribution is -2.32. The zero-order valence-electron chi connectivity index (χ0n) is 12.8. The van der Waals surface area contributed by atoms with Crippen LogP contribution in [0, 0.1) is 6.92 Å². The van der Waals surface area contributed by atoms with Crippen molar-refractivity contribution in [3.8, 4) is 0 Å². The third kappa shape index (κ3) is 3.71. The molecule has 1 saturated heterocycles. The van der Waals surface area contributed by atoms with Crippen molar-refractivity contribution in [2.24, 2.45) is 0 Å². The first-order chi connectivity index (χ1) is 11.0. The first kappa shape index (κ1) is 16.0. The van der Waals surface area contributed by atoms with Gasteiger partial charge in [0.2, 0.25) is 5.89 Å². The molecule has 0 aliphatic carbocycles. The molecular weight excluding hydrogens is 318 g/mol. The Balaban J connectivity index is 1.62. The topological polar surface area (TPSA) is 79.5 Å². The molecule has 0 amide bonds. The molecule has 1 aromatic heterocycles. The van der Waals surface area contributed by atoms with Gasteiger partial charge in [-0.15, -0.1) is 0 Å².